The Bertz CT molecular complexity index is 473. The summed E-state index contributed by atoms with van der Waals surface area (Å²) in [5.41, 5.74) is 1.18. The molecular formula is C13H17N3OS. The third-order valence-electron chi connectivity index (χ3n) is 2.56. The van der Waals surface area contributed by atoms with E-state index >= 15 is 0 Å². The van der Waals surface area contributed by atoms with Crippen LogP contribution in [0.5, 0.6) is 0 Å². The molecule has 0 aliphatic rings. The zero-order chi connectivity index (χ0) is 12.8. The van der Waals surface area contributed by atoms with Crippen molar-refractivity contribution in [3.63, 3.8) is 0 Å². The molecule has 0 fully saturated rings. The predicted molar refractivity (Wildman–Crippen MR) is 71.6 cm³/mol. The molecule has 0 aliphatic carbocycles. The first-order chi connectivity index (χ1) is 8.81. The summed E-state index contributed by atoms with van der Waals surface area (Å²) in [5.74, 6) is 0. The van der Waals surface area contributed by atoms with Gasteiger partial charge < -0.3 is 9.73 Å². The minimum absolute atomic E-state index is 0.274. The van der Waals surface area contributed by atoms with E-state index in [0.717, 1.165) is 18.0 Å². The first kappa shape index (κ1) is 13.1. The van der Waals surface area contributed by atoms with Gasteiger partial charge in [0.15, 0.2) is 0 Å². The van der Waals surface area contributed by atoms with Crippen LogP contribution in [0.4, 0.5) is 0 Å². The summed E-state index contributed by atoms with van der Waals surface area (Å²) < 4.78 is 5.24. The van der Waals surface area contributed by atoms with E-state index in [1.807, 2.05) is 6.07 Å². The van der Waals surface area contributed by atoms with Gasteiger partial charge >= 0.3 is 0 Å². The molecule has 0 bridgehead atoms. The van der Waals surface area contributed by atoms with E-state index in [2.05, 4.69) is 35.2 Å². The van der Waals surface area contributed by atoms with Crippen molar-refractivity contribution < 1.29 is 4.42 Å². The van der Waals surface area contributed by atoms with E-state index in [9.17, 15) is 0 Å². The fourth-order valence-corrected chi connectivity index (χ4v) is 2.49. The average molecular weight is 263 g/mol. The van der Waals surface area contributed by atoms with Crippen LogP contribution in [0.15, 0.2) is 45.5 Å². The van der Waals surface area contributed by atoms with Gasteiger partial charge in [-0.05, 0) is 37.7 Å². The van der Waals surface area contributed by atoms with E-state index in [1.165, 1.54) is 17.3 Å². The first-order valence-electron chi connectivity index (χ1n) is 6.07. The summed E-state index contributed by atoms with van der Waals surface area (Å²) >= 11 is 1.45. The summed E-state index contributed by atoms with van der Waals surface area (Å²) in [7, 11) is 0. The maximum Gasteiger partial charge on any atom is 0.261 e. The number of oxazole rings is 1. The molecule has 0 amide bonds. The fraction of sp³-hybridized carbons (Fsp3) is 0.385. The molecule has 1 atom stereocenters. The van der Waals surface area contributed by atoms with Crippen LogP contribution in [-0.2, 0) is 0 Å². The fourth-order valence-electron chi connectivity index (χ4n) is 1.63. The Morgan fingerprint density at radius 2 is 2.28 bits per heavy atom. The summed E-state index contributed by atoms with van der Waals surface area (Å²) in [4.78, 5) is 8.52. The van der Waals surface area contributed by atoms with E-state index < -0.39 is 0 Å². The molecule has 2 aromatic heterocycles. The number of hydrogen-bond acceptors (Lipinski definition) is 5. The predicted octanol–water partition coefficient (Wildman–Crippen LogP) is 3.28. The Hall–Kier alpha value is -1.33. The first-order valence-corrected chi connectivity index (χ1v) is 6.88. The summed E-state index contributed by atoms with van der Waals surface area (Å²) in [6.07, 6.45) is 6.13. The molecule has 0 radical (unpaired) electrons. The Morgan fingerprint density at radius 1 is 1.39 bits per heavy atom. The quantitative estimate of drug-likeness (QED) is 0.866. The number of hydrogen-bond donors (Lipinski definition) is 1. The average Bonchev–Trinajstić information content (AvgIpc) is 2.89. The molecule has 0 saturated heterocycles. The van der Waals surface area contributed by atoms with Gasteiger partial charge in [-0.1, -0.05) is 13.0 Å². The molecule has 2 rings (SSSR count). The lowest BCUT2D eigenvalue weighted by molar-refractivity contribution is 0.453. The van der Waals surface area contributed by atoms with Crippen molar-refractivity contribution in [3.05, 3.63) is 36.4 Å². The summed E-state index contributed by atoms with van der Waals surface area (Å²) in [5, 5.41) is 5.03. The largest absolute Gasteiger partial charge is 0.440 e. The highest BCUT2D eigenvalue weighted by molar-refractivity contribution is 7.99. The van der Waals surface area contributed by atoms with Crippen molar-refractivity contribution in [2.45, 2.75) is 36.6 Å². The minimum atomic E-state index is 0.274. The van der Waals surface area contributed by atoms with Gasteiger partial charge in [0, 0.05) is 17.8 Å². The summed E-state index contributed by atoms with van der Waals surface area (Å²) in [6.45, 7) is 5.30. The Balaban J connectivity index is 2.14. The topological polar surface area (TPSA) is 51.0 Å². The Kier molecular flexibility index (Phi) is 4.78. The van der Waals surface area contributed by atoms with Crippen LogP contribution < -0.4 is 5.32 Å². The van der Waals surface area contributed by atoms with Gasteiger partial charge in [-0.25, -0.2) is 9.97 Å². The molecule has 1 N–H and O–H groups in total. The third kappa shape index (κ3) is 3.34. The smallest absolute Gasteiger partial charge is 0.261 e. The van der Waals surface area contributed by atoms with E-state index in [1.54, 1.807) is 18.7 Å². The highest BCUT2D eigenvalue weighted by atomic mass is 32.2. The third-order valence-corrected chi connectivity index (χ3v) is 3.47. The number of nitrogens with zero attached hydrogens (tertiary/aromatic N) is 2. The minimum Gasteiger partial charge on any atom is -0.440 e. The number of aromatic nitrogens is 2. The number of rotatable bonds is 6. The molecule has 0 saturated carbocycles. The van der Waals surface area contributed by atoms with Crippen molar-refractivity contribution >= 4 is 11.8 Å². The van der Waals surface area contributed by atoms with Crippen LogP contribution in [0.3, 0.4) is 0 Å². The normalized spacial score (nSPS) is 12.6. The van der Waals surface area contributed by atoms with Crippen LogP contribution in [0.1, 0.15) is 31.9 Å². The van der Waals surface area contributed by atoms with Gasteiger partial charge in [0.1, 0.15) is 11.3 Å². The van der Waals surface area contributed by atoms with Crippen LogP contribution in [0, 0.1) is 0 Å². The number of pyridine rings is 1. The molecule has 0 spiro atoms. The lowest BCUT2D eigenvalue weighted by Crippen LogP contribution is -2.20. The van der Waals surface area contributed by atoms with Crippen LogP contribution in [0.25, 0.3) is 0 Å². The molecule has 0 aromatic carbocycles. The maximum atomic E-state index is 5.24. The molecule has 5 heteroatoms. The second kappa shape index (κ2) is 6.56. The van der Waals surface area contributed by atoms with E-state index in [0.29, 0.717) is 5.22 Å². The van der Waals surface area contributed by atoms with Crippen LogP contribution >= 0.6 is 11.8 Å². The van der Waals surface area contributed by atoms with Crippen molar-refractivity contribution in [2.24, 2.45) is 0 Å². The van der Waals surface area contributed by atoms with Gasteiger partial charge in [0.2, 0.25) is 0 Å². The molecule has 0 aliphatic heterocycles. The lowest BCUT2D eigenvalue weighted by Gasteiger charge is -2.15. The molecule has 2 aromatic rings. The van der Waals surface area contributed by atoms with E-state index in [4.69, 9.17) is 4.42 Å². The SMILES string of the molecule is CCCNC(C)c1cccnc1Sc1ncco1. The van der Waals surface area contributed by atoms with Crippen molar-refractivity contribution in [1.29, 1.82) is 0 Å². The Morgan fingerprint density at radius 3 is 3.00 bits per heavy atom. The van der Waals surface area contributed by atoms with Gasteiger partial charge in [-0.2, -0.15) is 0 Å². The molecule has 1 unspecified atom stereocenters. The van der Waals surface area contributed by atoms with Gasteiger partial charge in [-0.15, -0.1) is 0 Å². The van der Waals surface area contributed by atoms with Crippen molar-refractivity contribution in [1.82, 2.24) is 15.3 Å². The molecule has 4 nitrogen and oxygen atoms in total. The van der Waals surface area contributed by atoms with Gasteiger partial charge in [0.25, 0.3) is 5.22 Å². The zero-order valence-corrected chi connectivity index (χ0v) is 11.4. The van der Waals surface area contributed by atoms with Crippen molar-refractivity contribution in [3.8, 4) is 0 Å². The van der Waals surface area contributed by atoms with Crippen LogP contribution in [-0.4, -0.2) is 16.5 Å². The molecule has 2 heterocycles. The lowest BCUT2D eigenvalue weighted by atomic mass is 10.1. The summed E-state index contributed by atoms with van der Waals surface area (Å²) in [6, 6.07) is 4.32. The van der Waals surface area contributed by atoms with E-state index in [-0.39, 0.29) is 6.04 Å². The molecule has 96 valence electrons. The Labute approximate surface area is 111 Å². The zero-order valence-electron chi connectivity index (χ0n) is 10.6. The second-order valence-electron chi connectivity index (χ2n) is 3.97. The van der Waals surface area contributed by atoms with Crippen molar-refractivity contribution in [2.75, 3.05) is 6.54 Å². The molecule has 18 heavy (non-hydrogen) atoms. The number of nitrogens with one attached hydrogen (secondary N) is 1. The highest BCUT2D eigenvalue weighted by Gasteiger charge is 2.13. The monoisotopic (exact) mass is 263 g/mol. The highest BCUT2D eigenvalue weighted by Crippen LogP contribution is 2.30. The second-order valence-corrected chi connectivity index (χ2v) is 4.91. The van der Waals surface area contributed by atoms with Gasteiger partial charge in [0.05, 0.1) is 6.20 Å². The molecular weight excluding hydrogens is 246 g/mol. The maximum absolute atomic E-state index is 5.24. The van der Waals surface area contributed by atoms with Crippen LogP contribution in [0.2, 0.25) is 0 Å². The standard InChI is InChI=1S/C13H17N3OS/c1-3-6-14-10(2)11-5-4-7-15-12(11)18-13-16-8-9-17-13/h4-5,7-10,14H,3,6H2,1-2H3. The van der Waals surface area contributed by atoms with Gasteiger partial charge in [-0.3, -0.25) is 0 Å².